The predicted molar refractivity (Wildman–Crippen MR) is 62.5 cm³/mol. The van der Waals surface area contributed by atoms with Crippen LogP contribution in [0.2, 0.25) is 0 Å². The number of benzene rings is 1. The van der Waals surface area contributed by atoms with E-state index >= 15 is 0 Å². The minimum atomic E-state index is -4.36. The summed E-state index contributed by atoms with van der Waals surface area (Å²) in [6.07, 6.45) is 1.98. The number of hydrogen-bond donors (Lipinski definition) is 0. The van der Waals surface area contributed by atoms with Gasteiger partial charge in [-0.3, -0.25) is 0 Å². The Morgan fingerprint density at radius 2 is 1.41 bits per heavy atom. The first-order valence-corrected chi connectivity index (χ1v) is 6.95. The molecule has 0 bridgehead atoms. The van der Waals surface area contributed by atoms with Crippen molar-refractivity contribution in [3.05, 3.63) is 28.8 Å². The largest absolute Gasteiger partial charge is 1.00 e. The number of hydrogen-bond acceptors (Lipinski definition) is 3. The van der Waals surface area contributed by atoms with Crippen molar-refractivity contribution in [3.63, 3.8) is 0 Å². The van der Waals surface area contributed by atoms with Crippen LogP contribution in [0.15, 0.2) is 17.0 Å². The third-order valence-electron chi connectivity index (χ3n) is 2.72. The van der Waals surface area contributed by atoms with Crippen LogP contribution in [0.25, 0.3) is 0 Å². The van der Waals surface area contributed by atoms with Crippen molar-refractivity contribution >= 4 is 10.1 Å². The molecule has 0 aliphatic heterocycles. The summed E-state index contributed by atoms with van der Waals surface area (Å²) >= 11 is 0. The van der Waals surface area contributed by atoms with Crippen LogP contribution in [0.5, 0.6) is 0 Å². The van der Waals surface area contributed by atoms with Gasteiger partial charge < -0.3 is 4.55 Å². The first-order chi connectivity index (χ1) is 7.43. The van der Waals surface area contributed by atoms with Gasteiger partial charge in [0.2, 0.25) is 0 Å². The Labute approximate surface area is 116 Å². The molecule has 0 heterocycles. The number of aryl methyl sites for hydroxylation is 3. The van der Waals surface area contributed by atoms with Crippen molar-refractivity contribution in [2.45, 2.75) is 44.9 Å². The summed E-state index contributed by atoms with van der Waals surface area (Å²) in [6.45, 7) is 5.74. The third kappa shape index (κ3) is 3.85. The Hall–Kier alpha value is -0.273. The van der Waals surface area contributed by atoms with Crippen LogP contribution in [-0.4, -0.2) is 13.0 Å². The monoisotopic (exact) mass is 248 g/mol. The predicted octanol–water partition coefficient (Wildman–Crippen LogP) is -0.718. The summed E-state index contributed by atoms with van der Waals surface area (Å²) in [5.41, 5.74) is 2.37. The topological polar surface area (TPSA) is 57.2 Å². The molecular weight excluding hydrogens is 231 g/mol. The molecule has 0 saturated carbocycles. The standard InChI is InChI=1S/C12H18O3S.Li/c1-4-9-7-10(5-2)12(16(13,14)15)11(6-3)8-9;/h7-8H,4-6H2,1-3H3,(H,13,14,15);/q;+1/p-1. The van der Waals surface area contributed by atoms with Gasteiger partial charge in [0.1, 0.15) is 10.1 Å². The molecule has 3 nitrogen and oxygen atoms in total. The molecule has 0 amide bonds. The molecule has 0 atom stereocenters. The SMILES string of the molecule is CCc1cc(CC)c(S(=O)(=O)[O-])c(CC)c1.[Li+]. The molecule has 17 heavy (non-hydrogen) atoms. The van der Waals surface area contributed by atoms with Crippen LogP contribution in [0.4, 0.5) is 0 Å². The molecule has 1 aromatic rings. The molecule has 5 heteroatoms. The molecule has 1 aromatic carbocycles. The smallest absolute Gasteiger partial charge is 0.744 e. The van der Waals surface area contributed by atoms with E-state index in [4.69, 9.17) is 0 Å². The van der Waals surface area contributed by atoms with Gasteiger partial charge in [0.25, 0.3) is 0 Å². The molecule has 0 fully saturated rings. The van der Waals surface area contributed by atoms with Crippen molar-refractivity contribution in [1.29, 1.82) is 0 Å². The molecule has 0 radical (unpaired) electrons. The number of rotatable bonds is 4. The molecule has 0 saturated heterocycles. The minimum absolute atomic E-state index is 0. The van der Waals surface area contributed by atoms with Crippen molar-refractivity contribution in [2.75, 3.05) is 0 Å². The van der Waals surface area contributed by atoms with Crippen molar-refractivity contribution in [3.8, 4) is 0 Å². The second-order valence-electron chi connectivity index (χ2n) is 3.76. The van der Waals surface area contributed by atoms with E-state index in [1.807, 2.05) is 32.9 Å². The van der Waals surface area contributed by atoms with E-state index in [1.54, 1.807) is 0 Å². The molecule has 0 unspecified atom stereocenters. The van der Waals surface area contributed by atoms with E-state index in [0.29, 0.717) is 24.0 Å². The summed E-state index contributed by atoms with van der Waals surface area (Å²) in [5, 5.41) is 0. The van der Waals surface area contributed by atoms with Gasteiger partial charge >= 0.3 is 18.9 Å². The van der Waals surface area contributed by atoms with Crippen LogP contribution < -0.4 is 18.9 Å². The van der Waals surface area contributed by atoms with E-state index in [-0.39, 0.29) is 23.8 Å². The molecule has 1 rings (SSSR count). The third-order valence-corrected chi connectivity index (χ3v) is 3.75. The average molecular weight is 248 g/mol. The average Bonchev–Trinajstić information content (AvgIpc) is 2.25. The van der Waals surface area contributed by atoms with Gasteiger partial charge in [0, 0.05) is 0 Å². The van der Waals surface area contributed by atoms with Crippen LogP contribution >= 0.6 is 0 Å². The van der Waals surface area contributed by atoms with Crippen LogP contribution in [0.3, 0.4) is 0 Å². The maximum atomic E-state index is 11.2. The van der Waals surface area contributed by atoms with Crippen LogP contribution in [0, 0.1) is 0 Å². The molecule has 0 N–H and O–H groups in total. The zero-order valence-corrected chi connectivity index (χ0v) is 11.7. The summed E-state index contributed by atoms with van der Waals surface area (Å²) in [6, 6.07) is 3.65. The summed E-state index contributed by atoms with van der Waals surface area (Å²) in [7, 11) is -4.36. The second kappa shape index (κ2) is 6.60. The summed E-state index contributed by atoms with van der Waals surface area (Å²) < 4.78 is 33.7. The molecule has 0 aromatic heterocycles. The molecule has 0 spiro atoms. The van der Waals surface area contributed by atoms with Gasteiger partial charge in [-0.2, -0.15) is 0 Å². The quantitative estimate of drug-likeness (QED) is 0.522. The molecule has 0 aliphatic carbocycles. The van der Waals surface area contributed by atoms with Gasteiger partial charge in [-0.15, -0.1) is 0 Å². The Bertz CT molecular complexity index is 456. The van der Waals surface area contributed by atoms with E-state index < -0.39 is 10.1 Å². The van der Waals surface area contributed by atoms with Gasteiger partial charge in [-0.1, -0.05) is 32.9 Å². The molecule has 0 aliphatic rings. The normalized spacial score (nSPS) is 11.1. The Kier molecular flexibility index (Phi) is 6.50. The fraction of sp³-hybridized carbons (Fsp3) is 0.500. The van der Waals surface area contributed by atoms with Gasteiger partial charge in [0.15, 0.2) is 0 Å². The van der Waals surface area contributed by atoms with Crippen molar-refractivity contribution in [1.82, 2.24) is 0 Å². The van der Waals surface area contributed by atoms with Crippen molar-refractivity contribution in [2.24, 2.45) is 0 Å². The van der Waals surface area contributed by atoms with Crippen LogP contribution in [0.1, 0.15) is 37.5 Å². The zero-order valence-electron chi connectivity index (χ0n) is 10.9. The summed E-state index contributed by atoms with van der Waals surface area (Å²) in [5.74, 6) is 0. The zero-order chi connectivity index (χ0) is 12.3. The maximum Gasteiger partial charge on any atom is 1.00 e. The Morgan fingerprint density at radius 1 is 1.00 bits per heavy atom. The maximum absolute atomic E-state index is 11.2. The van der Waals surface area contributed by atoms with Crippen molar-refractivity contribution < 1.29 is 31.8 Å². The first-order valence-electron chi connectivity index (χ1n) is 5.54. The molecular formula is C12H17LiO3S. The van der Waals surface area contributed by atoms with Gasteiger partial charge in [0.05, 0.1) is 4.90 Å². The van der Waals surface area contributed by atoms with E-state index in [9.17, 15) is 13.0 Å². The fourth-order valence-electron chi connectivity index (χ4n) is 1.88. The Morgan fingerprint density at radius 3 is 1.65 bits per heavy atom. The van der Waals surface area contributed by atoms with E-state index in [2.05, 4.69) is 0 Å². The molecule has 90 valence electrons. The second-order valence-corrected chi connectivity index (χ2v) is 5.07. The fourth-order valence-corrected chi connectivity index (χ4v) is 2.93. The summed E-state index contributed by atoms with van der Waals surface area (Å²) in [4.78, 5) is -0.00491. The Balaban J connectivity index is 0.00000256. The first kappa shape index (κ1) is 16.7. The van der Waals surface area contributed by atoms with Gasteiger partial charge in [-0.25, -0.2) is 8.42 Å². The van der Waals surface area contributed by atoms with E-state index in [1.165, 1.54) is 0 Å². The minimum Gasteiger partial charge on any atom is -0.744 e. The van der Waals surface area contributed by atoms with Crippen LogP contribution in [-0.2, 0) is 29.4 Å². The van der Waals surface area contributed by atoms with Gasteiger partial charge in [-0.05, 0) is 36.0 Å². The van der Waals surface area contributed by atoms with E-state index in [0.717, 1.165) is 12.0 Å².